The van der Waals surface area contributed by atoms with Crippen LogP contribution in [0.15, 0.2) is 47.4 Å². The molecule has 1 amide bonds. The molecule has 2 aromatic rings. The zero-order valence-electron chi connectivity index (χ0n) is 12.6. The molecule has 122 valence electrons. The van der Waals surface area contributed by atoms with Gasteiger partial charge >= 0.3 is 0 Å². The van der Waals surface area contributed by atoms with Crippen molar-refractivity contribution >= 4 is 15.7 Å². The maximum absolute atomic E-state index is 13.9. The first-order valence-electron chi connectivity index (χ1n) is 6.78. The first-order valence-corrected chi connectivity index (χ1v) is 8.67. The molecule has 2 rings (SSSR count). The number of para-hydroxylation sites is 1. The highest BCUT2D eigenvalue weighted by atomic mass is 32.2. The van der Waals surface area contributed by atoms with E-state index in [0.717, 1.165) is 12.3 Å². The molecule has 1 atom stereocenters. The molecule has 2 N–H and O–H groups in total. The number of carbonyl (C=O) groups excluding carboxylic acids is 1. The van der Waals surface area contributed by atoms with Crippen LogP contribution < -0.4 is 5.32 Å². The molecule has 0 saturated carbocycles. The highest BCUT2D eigenvalue weighted by molar-refractivity contribution is 7.90. The molecule has 0 unspecified atom stereocenters. The average Bonchev–Trinajstić information content (AvgIpc) is 2.46. The van der Waals surface area contributed by atoms with Crippen LogP contribution in [0.5, 0.6) is 5.75 Å². The van der Waals surface area contributed by atoms with Gasteiger partial charge < -0.3 is 10.4 Å². The molecule has 0 aliphatic rings. The fourth-order valence-corrected chi connectivity index (χ4v) is 2.84. The highest BCUT2D eigenvalue weighted by Crippen LogP contribution is 2.21. The van der Waals surface area contributed by atoms with Crippen molar-refractivity contribution in [1.29, 1.82) is 0 Å². The van der Waals surface area contributed by atoms with Crippen molar-refractivity contribution in [2.75, 3.05) is 6.26 Å². The minimum absolute atomic E-state index is 0.104. The summed E-state index contributed by atoms with van der Waals surface area (Å²) in [5, 5.41) is 12.3. The quantitative estimate of drug-likeness (QED) is 0.897. The minimum Gasteiger partial charge on any atom is -0.507 e. The van der Waals surface area contributed by atoms with Crippen LogP contribution >= 0.6 is 0 Å². The Morgan fingerprint density at radius 2 is 1.87 bits per heavy atom. The number of nitrogens with one attached hydrogen (secondary N) is 1. The minimum atomic E-state index is -3.64. The largest absolute Gasteiger partial charge is 0.507 e. The maximum Gasteiger partial charge on any atom is 0.255 e. The fraction of sp³-hybridized carbons (Fsp3) is 0.188. The Kier molecular flexibility index (Phi) is 4.70. The first kappa shape index (κ1) is 17.0. The normalized spacial score (nSPS) is 12.7. The lowest BCUT2D eigenvalue weighted by atomic mass is 10.1. The Labute approximate surface area is 133 Å². The van der Waals surface area contributed by atoms with Crippen molar-refractivity contribution in [3.8, 4) is 5.75 Å². The number of phenols is 1. The van der Waals surface area contributed by atoms with Crippen molar-refractivity contribution in [2.24, 2.45) is 0 Å². The van der Waals surface area contributed by atoms with Crippen molar-refractivity contribution in [2.45, 2.75) is 17.9 Å². The second kappa shape index (κ2) is 6.37. The summed E-state index contributed by atoms with van der Waals surface area (Å²) in [5.41, 5.74) is 0.520. The molecule has 5 nitrogen and oxygen atoms in total. The smallest absolute Gasteiger partial charge is 0.255 e. The van der Waals surface area contributed by atoms with E-state index in [2.05, 4.69) is 5.32 Å². The summed E-state index contributed by atoms with van der Waals surface area (Å²) in [5.74, 6) is -1.53. The van der Waals surface area contributed by atoms with E-state index < -0.39 is 27.6 Å². The van der Waals surface area contributed by atoms with Gasteiger partial charge in [-0.25, -0.2) is 12.8 Å². The Hall–Kier alpha value is -2.41. The van der Waals surface area contributed by atoms with E-state index in [1.807, 2.05) is 0 Å². The van der Waals surface area contributed by atoms with Gasteiger partial charge in [-0.2, -0.15) is 0 Å². The van der Waals surface area contributed by atoms with Crippen LogP contribution in [0.3, 0.4) is 0 Å². The molecule has 0 bridgehead atoms. The number of amides is 1. The van der Waals surface area contributed by atoms with Crippen LogP contribution in [-0.4, -0.2) is 25.7 Å². The Bertz CT molecular complexity index is 849. The number of phenolic OH excluding ortho intramolecular Hbond substituents is 1. The second-order valence-corrected chi connectivity index (χ2v) is 7.16. The summed E-state index contributed by atoms with van der Waals surface area (Å²) in [4.78, 5) is 11.7. The van der Waals surface area contributed by atoms with Crippen molar-refractivity contribution < 1.29 is 22.7 Å². The Balaban J connectivity index is 2.22. The summed E-state index contributed by atoms with van der Waals surface area (Å²) < 4.78 is 36.7. The van der Waals surface area contributed by atoms with Gasteiger partial charge in [-0.15, -0.1) is 0 Å². The SMILES string of the molecule is C[C@@H](NC(=O)c1ccccc1O)c1ccc(S(C)(=O)=O)c(F)c1. The van der Waals surface area contributed by atoms with E-state index in [0.29, 0.717) is 5.56 Å². The number of hydrogen-bond acceptors (Lipinski definition) is 4. The maximum atomic E-state index is 13.9. The molecule has 0 aliphatic heterocycles. The molecule has 0 fully saturated rings. The van der Waals surface area contributed by atoms with Crippen LogP contribution in [0.1, 0.15) is 28.9 Å². The lowest BCUT2D eigenvalue weighted by Gasteiger charge is -2.15. The molecule has 0 radical (unpaired) electrons. The number of halogens is 1. The van der Waals surface area contributed by atoms with Gasteiger partial charge in [0.1, 0.15) is 16.5 Å². The Morgan fingerprint density at radius 1 is 1.22 bits per heavy atom. The predicted octanol–water partition coefficient (Wildman–Crippen LogP) is 2.43. The van der Waals surface area contributed by atoms with Crippen LogP contribution in [0, 0.1) is 5.82 Å². The topological polar surface area (TPSA) is 83.5 Å². The third-order valence-corrected chi connectivity index (χ3v) is 4.48. The summed E-state index contributed by atoms with van der Waals surface area (Å²) >= 11 is 0. The number of hydrogen-bond donors (Lipinski definition) is 2. The molecule has 7 heteroatoms. The monoisotopic (exact) mass is 337 g/mol. The van der Waals surface area contributed by atoms with Crippen molar-refractivity contribution in [3.63, 3.8) is 0 Å². The van der Waals surface area contributed by atoms with E-state index >= 15 is 0 Å². The van der Waals surface area contributed by atoms with Gasteiger partial charge in [0.05, 0.1) is 11.6 Å². The van der Waals surface area contributed by atoms with E-state index in [1.165, 1.54) is 24.3 Å². The van der Waals surface area contributed by atoms with Gasteiger partial charge in [0.25, 0.3) is 5.91 Å². The fourth-order valence-electron chi connectivity index (χ4n) is 2.11. The summed E-state index contributed by atoms with van der Waals surface area (Å²) in [7, 11) is -3.64. The van der Waals surface area contributed by atoms with E-state index in [1.54, 1.807) is 19.1 Å². The summed E-state index contributed by atoms with van der Waals surface area (Å²) in [6.45, 7) is 1.63. The molecular weight excluding hydrogens is 321 g/mol. The van der Waals surface area contributed by atoms with Gasteiger partial charge in [0, 0.05) is 6.26 Å². The Morgan fingerprint density at radius 3 is 2.43 bits per heavy atom. The predicted molar refractivity (Wildman–Crippen MR) is 83.5 cm³/mol. The number of sulfone groups is 1. The number of rotatable bonds is 4. The molecule has 23 heavy (non-hydrogen) atoms. The molecular formula is C16H16FNO4S. The van der Waals surface area contributed by atoms with E-state index in [-0.39, 0.29) is 16.2 Å². The van der Waals surface area contributed by atoms with Gasteiger partial charge in [-0.05, 0) is 36.8 Å². The second-order valence-electron chi connectivity index (χ2n) is 5.17. The lowest BCUT2D eigenvalue weighted by Crippen LogP contribution is -2.26. The number of benzene rings is 2. The highest BCUT2D eigenvalue weighted by Gasteiger charge is 2.18. The molecule has 0 heterocycles. The van der Waals surface area contributed by atoms with Gasteiger partial charge in [0.2, 0.25) is 0 Å². The van der Waals surface area contributed by atoms with Crippen molar-refractivity contribution in [3.05, 3.63) is 59.4 Å². The van der Waals surface area contributed by atoms with Gasteiger partial charge in [-0.3, -0.25) is 4.79 Å². The van der Waals surface area contributed by atoms with Crippen LogP contribution in [0.25, 0.3) is 0 Å². The van der Waals surface area contributed by atoms with Crippen LogP contribution in [-0.2, 0) is 9.84 Å². The van der Waals surface area contributed by atoms with E-state index in [4.69, 9.17) is 0 Å². The average molecular weight is 337 g/mol. The van der Waals surface area contributed by atoms with Gasteiger partial charge in [-0.1, -0.05) is 18.2 Å². The lowest BCUT2D eigenvalue weighted by molar-refractivity contribution is 0.0937. The molecule has 0 spiro atoms. The molecule has 0 saturated heterocycles. The summed E-state index contributed by atoms with van der Waals surface area (Å²) in [6.07, 6.45) is 0.925. The van der Waals surface area contributed by atoms with Crippen molar-refractivity contribution in [1.82, 2.24) is 5.32 Å². The third-order valence-electron chi connectivity index (χ3n) is 3.35. The standard InChI is InChI=1S/C16H16FNO4S/c1-10(18-16(20)12-5-3-4-6-14(12)19)11-7-8-15(13(17)9-11)23(2,21)22/h3-10,19H,1-2H3,(H,18,20)/t10-/m1/s1. The van der Waals surface area contributed by atoms with Crippen LogP contribution in [0.2, 0.25) is 0 Å². The van der Waals surface area contributed by atoms with Crippen LogP contribution in [0.4, 0.5) is 4.39 Å². The zero-order chi connectivity index (χ0) is 17.2. The van der Waals surface area contributed by atoms with E-state index in [9.17, 15) is 22.7 Å². The third kappa shape index (κ3) is 3.87. The zero-order valence-corrected chi connectivity index (χ0v) is 13.4. The molecule has 0 aromatic heterocycles. The number of carbonyl (C=O) groups is 1. The van der Waals surface area contributed by atoms with Gasteiger partial charge in [0.15, 0.2) is 9.84 Å². The molecule has 2 aromatic carbocycles. The first-order chi connectivity index (χ1) is 10.7. The number of aromatic hydroxyl groups is 1. The molecule has 0 aliphatic carbocycles. The summed E-state index contributed by atoms with van der Waals surface area (Å²) in [6, 6.07) is 9.18.